The van der Waals surface area contributed by atoms with Crippen LogP contribution in [0.15, 0.2) is 94.7 Å². The summed E-state index contributed by atoms with van der Waals surface area (Å²) in [4.78, 5) is 27.0. The zero-order chi connectivity index (χ0) is 32.3. The van der Waals surface area contributed by atoms with E-state index in [4.69, 9.17) is 0 Å². The molecule has 4 aromatic carbocycles. The van der Waals surface area contributed by atoms with E-state index in [2.05, 4.69) is 10.6 Å². The van der Waals surface area contributed by atoms with E-state index in [0.29, 0.717) is 37.6 Å². The van der Waals surface area contributed by atoms with Gasteiger partial charge < -0.3 is 10.6 Å². The predicted molar refractivity (Wildman–Crippen MR) is 178 cm³/mol. The minimum atomic E-state index is -3.63. The van der Waals surface area contributed by atoms with E-state index in [1.54, 1.807) is 12.1 Å². The second-order valence-electron chi connectivity index (χ2n) is 11.6. The average molecular weight is 661 g/mol. The molecule has 6 rings (SSSR count). The minimum absolute atomic E-state index is 0.138. The Kier molecular flexibility index (Phi) is 9.23. The van der Waals surface area contributed by atoms with Crippen LogP contribution in [0.4, 0.5) is 11.4 Å². The molecule has 2 saturated heterocycles. The molecule has 12 heteroatoms. The van der Waals surface area contributed by atoms with Crippen LogP contribution in [0.1, 0.15) is 59.2 Å². The van der Waals surface area contributed by atoms with Crippen LogP contribution in [-0.4, -0.2) is 63.4 Å². The summed E-state index contributed by atoms with van der Waals surface area (Å²) < 4.78 is 55.1. The summed E-state index contributed by atoms with van der Waals surface area (Å²) in [7, 11) is -7.27. The highest BCUT2D eigenvalue weighted by atomic mass is 32.2. The zero-order valence-corrected chi connectivity index (χ0v) is 26.9. The molecular formula is C34H36N4O6S2. The average Bonchev–Trinajstić information content (AvgIpc) is 3.09. The third kappa shape index (κ3) is 6.70. The van der Waals surface area contributed by atoms with Gasteiger partial charge in [0.15, 0.2) is 0 Å². The number of benzene rings is 4. The fourth-order valence-corrected chi connectivity index (χ4v) is 8.94. The first-order valence-corrected chi connectivity index (χ1v) is 18.4. The van der Waals surface area contributed by atoms with Gasteiger partial charge in [0.25, 0.3) is 11.8 Å². The lowest BCUT2D eigenvalue weighted by molar-refractivity contribution is 0.101. The van der Waals surface area contributed by atoms with E-state index >= 15 is 0 Å². The number of amides is 2. The molecule has 10 nitrogen and oxygen atoms in total. The number of fused-ring (bicyclic) bond motifs is 1. The van der Waals surface area contributed by atoms with E-state index in [1.807, 2.05) is 24.3 Å². The maximum Gasteiger partial charge on any atom is 0.255 e. The lowest BCUT2D eigenvalue weighted by atomic mass is 10.1. The van der Waals surface area contributed by atoms with Crippen molar-refractivity contribution in [3.8, 4) is 0 Å². The molecule has 2 aliphatic rings. The molecule has 0 radical (unpaired) electrons. The Balaban J connectivity index is 1.21. The van der Waals surface area contributed by atoms with Crippen molar-refractivity contribution < 1.29 is 26.4 Å². The van der Waals surface area contributed by atoms with Crippen LogP contribution in [0.2, 0.25) is 0 Å². The smallest absolute Gasteiger partial charge is 0.255 e. The summed E-state index contributed by atoms with van der Waals surface area (Å²) in [5.41, 5.74) is 1.22. The molecular weight excluding hydrogens is 625 g/mol. The second-order valence-corrected chi connectivity index (χ2v) is 15.5. The van der Waals surface area contributed by atoms with Crippen LogP contribution in [0, 0.1) is 0 Å². The van der Waals surface area contributed by atoms with Gasteiger partial charge in [0.1, 0.15) is 0 Å². The molecule has 2 amide bonds. The van der Waals surface area contributed by atoms with Gasteiger partial charge in [0.2, 0.25) is 20.0 Å². The maximum atomic E-state index is 13.3. The molecule has 0 atom stereocenters. The number of nitrogens with one attached hydrogen (secondary N) is 2. The summed E-state index contributed by atoms with van der Waals surface area (Å²) >= 11 is 0. The predicted octanol–water partition coefficient (Wildman–Crippen LogP) is 5.69. The molecule has 0 spiro atoms. The highest BCUT2D eigenvalue weighted by molar-refractivity contribution is 7.89. The first-order valence-electron chi connectivity index (χ1n) is 15.5. The number of hydrogen-bond donors (Lipinski definition) is 2. The topological polar surface area (TPSA) is 133 Å². The zero-order valence-electron chi connectivity index (χ0n) is 25.3. The molecule has 0 saturated carbocycles. The summed E-state index contributed by atoms with van der Waals surface area (Å²) in [5, 5.41) is 7.41. The van der Waals surface area contributed by atoms with Crippen molar-refractivity contribution in [3.05, 3.63) is 96.1 Å². The molecule has 2 aliphatic heterocycles. The minimum Gasteiger partial charge on any atom is -0.320 e. The van der Waals surface area contributed by atoms with Crippen molar-refractivity contribution in [2.24, 2.45) is 0 Å². The Bertz CT molecular complexity index is 1820. The molecule has 2 N–H and O–H groups in total. The van der Waals surface area contributed by atoms with Crippen molar-refractivity contribution in [2.45, 2.75) is 48.3 Å². The fourth-order valence-electron chi connectivity index (χ4n) is 5.90. The largest absolute Gasteiger partial charge is 0.320 e. The van der Waals surface area contributed by atoms with Crippen LogP contribution >= 0.6 is 0 Å². The molecule has 0 aromatic heterocycles. The number of carbonyl (C=O) groups is 2. The number of nitrogens with zero attached hydrogens (tertiary/aromatic N) is 2. The number of sulfonamides is 2. The molecule has 2 fully saturated rings. The van der Waals surface area contributed by atoms with Gasteiger partial charge in [-0.2, -0.15) is 8.61 Å². The van der Waals surface area contributed by atoms with E-state index in [0.717, 1.165) is 49.3 Å². The lowest BCUT2D eigenvalue weighted by Gasteiger charge is -2.25. The molecule has 240 valence electrons. The normalized spacial score (nSPS) is 16.6. The first-order chi connectivity index (χ1) is 22.1. The Morgan fingerprint density at radius 1 is 0.500 bits per heavy atom. The van der Waals surface area contributed by atoms with Crippen LogP contribution in [-0.2, 0) is 20.0 Å². The van der Waals surface area contributed by atoms with Crippen molar-refractivity contribution in [1.82, 2.24) is 8.61 Å². The third-order valence-corrected chi connectivity index (χ3v) is 12.3. The fraction of sp³-hybridized carbons (Fsp3) is 0.294. The SMILES string of the molecule is O=C(Nc1cc2ccccc2cc1NC(=O)c1ccc(S(=O)(=O)N2CCCCC2)cc1)c1ccc(S(=O)(=O)N2CCCCC2)cc1. The summed E-state index contributed by atoms with van der Waals surface area (Å²) in [6.07, 6.45) is 5.34. The number of piperidine rings is 2. The van der Waals surface area contributed by atoms with E-state index < -0.39 is 31.9 Å². The Hall–Kier alpha value is -4.10. The van der Waals surface area contributed by atoms with Crippen LogP contribution < -0.4 is 10.6 Å². The third-order valence-electron chi connectivity index (χ3n) is 8.52. The van der Waals surface area contributed by atoms with E-state index in [9.17, 15) is 26.4 Å². The van der Waals surface area contributed by atoms with Crippen molar-refractivity contribution in [1.29, 1.82) is 0 Å². The first kappa shape index (κ1) is 31.9. The standard InChI is InChI=1S/C34H36N4O6S2/c39-33(25-11-15-29(16-12-25)45(41,42)37-19-5-1-6-20-37)35-31-23-27-9-3-4-10-28(27)24-32(31)36-34(40)26-13-17-30(18-14-26)46(43,44)38-21-7-2-8-22-38/h3-4,9-18,23-24H,1-2,5-8,19-22H2,(H,35,39)(H,36,40). The molecule has 0 bridgehead atoms. The van der Waals surface area contributed by atoms with Gasteiger partial charge in [-0.25, -0.2) is 16.8 Å². The number of anilines is 2. The highest BCUT2D eigenvalue weighted by Crippen LogP contribution is 2.30. The summed E-state index contributed by atoms with van der Waals surface area (Å²) in [6, 6.07) is 22.7. The van der Waals surface area contributed by atoms with Gasteiger partial charge in [0.05, 0.1) is 21.2 Å². The van der Waals surface area contributed by atoms with Gasteiger partial charge in [-0.1, -0.05) is 37.1 Å². The van der Waals surface area contributed by atoms with Crippen molar-refractivity contribution >= 4 is 54.0 Å². The van der Waals surface area contributed by atoms with Gasteiger partial charge >= 0.3 is 0 Å². The van der Waals surface area contributed by atoms with Gasteiger partial charge in [-0.05, 0) is 97.1 Å². The molecule has 0 aliphatic carbocycles. The van der Waals surface area contributed by atoms with Crippen molar-refractivity contribution in [2.75, 3.05) is 36.8 Å². The number of hydrogen-bond acceptors (Lipinski definition) is 6. The van der Waals surface area contributed by atoms with E-state index in [-0.39, 0.29) is 20.9 Å². The highest BCUT2D eigenvalue weighted by Gasteiger charge is 2.27. The van der Waals surface area contributed by atoms with Crippen molar-refractivity contribution in [3.63, 3.8) is 0 Å². The Morgan fingerprint density at radius 2 is 0.848 bits per heavy atom. The van der Waals surface area contributed by atoms with Crippen LogP contribution in [0.25, 0.3) is 10.8 Å². The summed E-state index contributed by atoms with van der Waals surface area (Å²) in [6.45, 7) is 1.96. The summed E-state index contributed by atoms with van der Waals surface area (Å²) in [5.74, 6) is -0.944. The maximum absolute atomic E-state index is 13.3. The van der Waals surface area contributed by atoms with Gasteiger partial charge in [-0.3, -0.25) is 9.59 Å². The molecule has 2 heterocycles. The molecule has 46 heavy (non-hydrogen) atoms. The van der Waals surface area contributed by atoms with Crippen LogP contribution in [0.3, 0.4) is 0 Å². The Morgan fingerprint density at radius 3 is 1.20 bits per heavy atom. The number of carbonyl (C=O) groups excluding carboxylic acids is 2. The van der Waals surface area contributed by atoms with Gasteiger partial charge in [0, 0.05) is 37.3 Å². The van der Waals surface area contributed by atoms with Gasteiger partial charge in [-0.15, -0.1) is 0 Å². The Labute approximate surface area is 269 Å². The lowest BCUT2D eigenvalue weighted by Crippen LogP contribution is -2.35. The number of rotatable bonds is 8. The second kappa shape index (κ2) is 13.3. The monoisotopic (exact) mass is 660 g/mol. The van der Waals surface area contributed by atoms with Crippen LogP contribution in [0.5, 0.6) is 0 Å². The molecule has 4 aromatic rings. The quantitative estimate of drug-likeness (QED) is 0.250. The molecule has 0 unspecified atom stereocenters. The van der Waals surface area contributed by atoms with E-state index in [1.165, 1.54) is 57.1 Å².